The van der Waals surface area contributed by atoms with Crippen LogP contribution in [0.25, 0.3) is 0 Å². The zero-order valence-corrected chi connectivity index (χ0v) is 13.2. The zero-order chi connectivity index (χ0) is 15.8. The molecule has 0 saturated carbocycles. The number of aliphatic hydroxyl groups excluding tert-OH is 1. The molecule has 0 aliphatic carbocycles. The van der Waals surface area contributed by atoms with Crippen molar-refractivity contribution in [1.29, 1.82) is 0 Å². The minimum atomic E-state index is -0.448. The number of amides is 1. The molecular weight excluding hydrogens is 290 g/mol. The molecule has 6 heteroatoms. The number of thiophene rings is 1. The van der Waals surface area contributed by atoms with Crippen LogP contribution in [0.3, 0.4) is 0 Å². The number of nitrogens with zero attached hydrogens (tertiary/aromatic N) is 1. The van der Waals surface area contributed by atoms with Gasteiger partial charge in [-0.05, 0) is 26.0 Å². The molecule has 5 nitrogen and oxygen atoms in total. The smallest absolute Gasteiger partial charge is 0.325 e. The van der Waals surface area contributed by atoms with E-state index in [4.69, 9.17) is 5.11 Å². The number of hydrogen-bond acceptors (Lipinski definition) is 5. The Morgan fingerprint density at radius 3 is 2.71 bits per heavy atom. The molecule has 0 radical (unpaired) electrons. The van der Waals surface area contributed by atoms with Crippen LogP contribution in [0.5, 0.6) is 0 Å². The van der Waals surface area contributed by atoms with E-state index in [1.54, 1.807) is 12.1 Å². The maximum absolute atomic E-state index is 12.4. The SMILES string of the molecule is COC(=O)CN(C(=O)c1ccc(C#CCCO)s1)C(C)C. The Morgan fingerprint density at radius 1 is 1.43 bits per heavy atom. The molecule has 0 spiro atoms. The Balaban J connectivity index is 2.85. The van der Waals surface area contributed by atoms with Crippen molar-refractivity contribution in [2.24, 2.45) is 0 Å². The van der Waals surface area contributed by atoms with Crippen molar-refractivity contribution in [2.45, 2.75) is 26.3 Å². The lowest BCUT2D eigenvalue weighted by Crippen LogP contribution is -2.40. The number of rotatable bonds is 5. The fraction of sp³-hybridized carbons (Fsp3) is 0.467. The number of hydrogen-bond donors (Lipinski definition) is 1. The normalized spacial score (nSPS) is 9.95. The van der Waals surface area contributed by atoms with Crippen molar-refractivity contribution in [3.05, 3.63) is 21.9 Å². The van der Waals surface area contributed by atoms with Crippen LogP contribution in [-0.4, -0.2) is 48.2 Å². The summed E-state index contributed by atoms with van der Waals surface area (Å²) in [6.45, 7) is 3.63. The van der Waals surface area contributed by atoms with Crippen molar-refractivity contribution in [2.75, 3.05) is 20.3 Å². The van der Waals surface area contributed by atoms with Gasteiger partial charge < -0.3 is 14.7 Å². The van der Waals surface area contributed by atoms with E-state index in [0.29, 0.717) is 11.3 Å². The third-order valence-electron chi connectivity index (χ3n) is 2.68. The van der Waals surface area contributed by atoms with E-state index in [2.05, 4.69) is 16.6 Å². The van der Waals surface area contributed by atoms with Gasteiger partial charge in [0, 0.05) is 12.5 Å². The topological polar surface area (TPSA) is 66.8 Å². The third-order valence-corrected chi connectivity index (χ3v) is 3.67. The van der Waals surface area contributed by atoms with E-state index in [1.807, 2.05) is 13.8 Å². The molecule has 114 valence electrons. The molecule has 1 heterocycles. The van der Waals surface area contributed by atoms with Crippen molar-refractivity contribution in [3.63, 3.8) is 0 Å². The van der Waals surface area contributed by atoms with Crippen LogP contribution in [0.15, 0.2) is 12.1 Å². The van der Waals surface area contributed by atoms with Gasteiger partial charge in [0.15, 0.2) is 0 Å². The molecule has 0 atom stereocenters. The quantitative estimate of drug-likeness (QED) is 0.661. The third kappa shape index (κ3) is 5.21. The first-order chi connectivity index (χ1) is 9.99. The second-order valence-electron chi connectivity index (χ2n) is 4.54. The lowest BCUT2D eigenvalue weighted by atomic mass is 10.3. The fourth-order valence-electron chi connectivity index (χ4n) is 1.56. The minimum Gasteiger partial charge on any atom is -0.468 e. The van der Waals surface area contributed by atoms with E-state index in [9.17, 15) is 9.59 Å². The van der Waals surface area contributed by atoms with Gasteiger partial charge in [-0.2, -0.15) is 0 Å². The van der Waals surface area contributed by atoms with Crippen LogP contribution in [0, 0.1) is 11.8 Å². The molecule has 1 amide bonds. The summed E-state index contributed by atoms with van der Waals surface area (Å²) in [7, 11) is 1.30. The summed E-state index contributed by atoms with van der Waals surface area (Å²) in [5.74, 6) is 5.04. The van der Waals surface area contributed by atoms with Crippen molar-refractivity contribution in [3.8, 4) is 11.8 Å². The summed E-state index contributed by atoms with van der Waals surface area (Å²) >= 11 is 1.27. The molecule has 0 aliphatic rings. The van der Waals surface area contributed by atoms with E-state index >= 15 is 0 Å². The summed E-state index contributed by atoms with van der Waals surface area (Å²) in [6, 6.07) is 3.35. The van der Waals surface area contributed by atoms with E-state index in [0.717, 1.165) is 4.88 Å². The van der Waals surface area contributed by atoms with Gasteiger partial charge in [0.2, 0.25) is 0 Å². The first kappa shape index (κ1) is 17.2. The average Bonchev–Trinajstić information content (AvgIpc) is 2.92. The molecule has 1 aromatic rings. The zero-order valence-electron chi connectivity index (χ0n) is 12.4. The van der Waals surface area contributed by atoms with Gasteiger partial charge in [-0.1, -0.05) is 11.8 Å². The summed E-state index contributed by atoms with van der Waals surface area (Å²) in [5, 5.41) is 8.68. The van der Waals surface area contributed by atoms with E-state index in [1.165, 1.54) is 23.3 Å². The summed E-state index contributed by atoms with van der Waals surface area (Å²) < 4.78 is 4.61. The Hall–Kier alpha value is -1.84. The lowest BCUT2D eigenvalue weighted by molar-refractivity contribution is -0.141. The summed E-state index contributed by atoms with van der Waals surface area (Å²) in [5.41, 5.74) is 0. The molecule has 0 saturated heterocycles. The highest BCUT2D eigenvalue weighted by molar-refractivity contribution is 7.14. The highest BCUT2D eigenvalue weighted by Crippen LogP contribution is 2.18. The Kier molecular flexibility index (Phi) is 6.92. The van der Waals surface area contributed by atoms with Crippen LogP contribution in [0.1, 0.15) is 34.8 Å². The second-order valence-corrected chi connectivity index (χ2v) is 5.63. The number of methoxy groups -OCH3 is 1. The molecule has 0 unspecified atom stereocenters. The number of carbonyl (C=O) groups is 2. The Bertz CT molecular complexity index is 554. The second kappa shape index (κ2) is 8.45. The predicted molar refractivity (Wildman–Crippen MR) is 81.1 cm³/mol. The van der Waals surface area contributed by atoms with Crippen LogP contribution in [0.2, 0.25) is 0 Å². The number of ether oxygens (including phenoxy) is 1. The maximum Gasteiger partial charge on any atom is 0.325 e. The van der Waals surface area contributed by atoms with Crippen molar-refractivity contribution >= 4 is 23.2 Å². The first-order valence-corrected chi connectivity index (χ1v) is 7.38. The first-order valence-electron chi connectivity index (χ1n) is 6.57. The molecule has 0 aromatic carbocycles. The van der Waals surface area contributed by atoms with Crippen LogP contribution in [-0.2, 0) is 9.53 Å². The molecule has 0 bridgehead atoms. The van der Waals surface area contributed by atoms with Crippen molar-refractivity contribution in [1.82, 2.24) is 4.90 Å². The minimum absolute atomic E-state index is 0.0183. The maximum atomic E-state index is 12.4. The number of esters is 1. The molecule has 21 heavy (non-hydrogen) atoms. The Labute approximate surface area is 128 Å². The van der Waals surface area contributed by atoms with E-state index in [-0.39, 0.29) is 25.1 Å². The Morgan fingerprint density at radius 2 is 2.14 bits per heavy atom. The number of carbonyl (C=O) groups excluding carboxylic acids is 2. The van der Waals surface area contributed by atoms with Gasteiger partial charge in [-0.3, -0.25) is 9.59 Å². The van der Waals surface area contributed by atoms with Crippen molar-refractivity contribution < 1.29 is 19.4 Å². The standard InChI is InChI=1S/C15H19NO4S/c1-11(2)16(10-14(18)20-3)15(19)13-8-7-12(21-13)6-4-5-9-17/h7-8,11,17H,5,9-10H2,1-3H3. The monoisotopic (exact) mass is 309 g/mol. The van der Waals surface area contributed by atoms with Gasteiger partial charge >= 0.3 is 5.97 Å². The molecule has 1 aromatic heterocycles. The largest absolute Gasteiger partial charge is 0.468 e. The molecule has 1 rings (SSSR count). The van der Waals surface area contributed by atoms with Gasteiger partial charge in [0.05, 0.1) is 23.5 Å². The predicted octanol–water partition coefficient (Wildman–Crippen LogP) is 1.51. The molecular formula is C15H19NO4S. The summed E-state index contributed by atoms with van der Waals surface area (Å²) in [6.07, 6.45) is 0.404. The molecule has 1 N–H and O–H groups in total. The van der Waals surface area contributed by atoms with Crippen LogP contribution in [0.4, 0.5) is 0 Å². The number of aliphatic hydroxyl groups is 1. The average molecular weight is 309 g/mol. The lowest BCUT2D eigenvalue weighted by Gasteiger charge is -2.24. The molecule has 0 fully saturated rings. The van der Waals surface area contributed by atoms with Gasteiger partial charge in [0.25, 0.3) is 5.91 Å². The van der Waals surface area contributed by atoms with Gasteiger partial charge in [0.1, 0.15) is 6.54 Å². The van der Waals surface area contributed by atoms with Gasteiger partial charge in [-0.25, -0.2) is 0 Å². The van der Waals surface area contributed by atoms with Gasteiger partial charge in [-0.15, -0.1) is 11.3 Å². The highest BCUT2D eigenvalue weighted by atomic mass is 32.1. The molecule has 0 aliphatic heterocycles. The van der Waals surface area contributed by atoms with Crippen LogP contribution < -0.4 is 0 Å². The van der Waals surface area contributed by atoms with Crippen LogP contribution >= 0.6 is 11.3 Å². The van der Waals surface area contributed by atoms with E-state index < -0.39 is 5.97 Å². The fourth-order valence-corrected chi connectivity index (χ4v) is 2.40. The highest BCUT2D eigenvalue weighted by Gasteiger charge is 2.23. The summed E-state index contributed by atoms with van der Waals surface area (Å²) in [4.78, 5) is 26.6.